The fourth-order valence-electron chi connectivity index (χ4n) is 2.22. The van der Waals surface area contributed by atoms with E-state index >= 15 is 0 Å². The Balaban J connectivity index is 1.75. The zero-order chi connectivity index (χ0) is 18.8. The van der Waals surface area contributed by atoms with Crippen LogP contribution in [0.4, 0.5) is 5.69 Å². The summed E-state index contributed by atoms with van der Waals surface area (Å²) in [5.41, 5.74) is 1.71. The number of nitrogens with one attached hydrogen (secondary N) is 1. The van der Waals surface area contributed by atoms with E-state index in [0.29, 0.717) is 30.5 Å². The van der Waals surface area contributed by atoms with Gasteiger partial charge in [-0.3, -0.25) is 14.5 Å². The van der Waals surface area contributed by atoms with E-state index < -0.39 is 0 Å². The monoisotopic (exact) mass is 422 g/mol. The van der Waals surface area contributed by atoms with E-state index in [-0.39, 0.29) is 11.8 Å². The Morgan fingerprint density at radius 3 is 2.50 bits per heavy atom. The minimum absolute atomic E-state index is 0.127. The highest BCUT2D eigenvalue weighted by Gasteiger charge is 2.28. The third-order valence-electron chi connectivity index (χ3n) is 3.66. The number of benzene rings is 2. The SMILES string of the molecule is CN1C(=O)/C(=C/c2ccc(C(=O)Nc3cccc(Cl)c3Cl)cc2)SC1=S. The van der Waals surface area contributed by atoms with E-state index in [1.807, 2.05) is 0 Å². The van der Waals surface area contributed by atoms with Gasteiger partial charge in [0.15, 0.2) is 0 Å². The summed E-state index contributed by atoms with van der Waals surface area (Å²) < 4.78 is 0.524. The van der Waals surface area contributed by atoms with E-state index in [0.717, 1.165) is 5.56 Å². The normalized spacial score (nSPS) is 15.7. The van der Waals surface area contributed by atoms with Gasteiger partial charge in [-0.25, -0.2) is 0 Å². The van der Waals surface area contributed by atoms with Crippen LogP contribution in [0.1, 0.15) is 15.9 Å². The van der Waals surface area contributed by atoms with Gasteiger partial charge in [-0.05, 0) is 35.9 Å². The number of anilines is 1. The number of amides is 2. The van der Waals surface area contributed by atoms with E-state index in [1.165, 1.54) is 16.7 Å². The molecule has 0 aliphatic carbocycles. The quantitative estimate of drug-likeness (QED) is 0.553. The summed E-state index contributed by atoms with van der Waals surface area (Å²) in [6.07, 6.45) is 1.75. The number of carbonyl (C=O) groups is 2. The molecule has 8 heteroatoms. The van der Waals surface area contributed by atoms with Gasteiger partial charge < -0.3 is 5.32 Å². The Hall–Kier alpha value is -1.86. The molecule has 1 heterocycles. The molecule has 2 aromatic carbocycles. The average Bonchev–Trinajstić information content (AvgIpc) is 2.86. The fraction of sp³-hybridized carbons (Fsp3) is 0.0556. The topological polar surface area (TPSA) is 49.4 Å². The van der Waals surface area contributed by atoms with Crippen molar-refractivity contribution < 1.29 is 9.59 Å². The van der Waals surface area contributed by atoms with Crippen molar-refractivity contribution in [3.8, 4) is 0 Å². The lowest BCUT2D eigenvalue weighted by molar-refractivity contribution is -0.121. The highest BCUT2D eigenvalue weighted by atomic mass is 35.5. The predicted octanol–water partition coefficient (Wildman–Crippen LogP) is 5.08. The summed E-state index contributed by atoms with van der Waals surface area (Å²) >= 11 is 18.4. The Morgan fingerprint density at radius 1 is 1.19 bits per heavy atom. The summed E-state index contributed by atoms with van der Waals surface area (Å²) in [7, 11) is 1.65. The number of hydrogen-bond donors (Lipinski definition) is 1. The predicted molar refractivity (Wildman–Crippen MR) is 112 cm³/mol. The minimum Gasteiger partial charge on any atom is -0.321 e. The Kier molecular flexibility index (Phi) is 5.67. The van der Waals surface area contributed by atoms with Gasteiger partial charge in [0.1, 0.15) is 4.32 Å². The molecule has 1 N–H and O–H groups in total. The lowest BCUT2D eigenvalue weighted by Gasteiger charge is -2.08. The van der Waals surface area contributed by atoms with Gasteiger partial charge >= 0.3 is 0 Å². The standard InChI is InChI=1S/C18H12Cl2N2O2S2/c1-22-17(24)14(26-18(22)25)9-10-5-7-11(8-6-10)16(23)21-13-4-2-3-12(19)15(13)20/h2-9H,1H3,(H,21,23)/b14-9-. The van der Waals surface area contributed by atoms with Crippen LogP contribution >= 0.6 is 47.2 Å². The van der Waals surface area contributed by atoms with Crippen molar-refractivity contribution >= 4 is 75.1 Å². The van der Waals surface area contributed by atoms with Crippen LogP contribution in [0.5, 0.6) is 0 Å². The molecular formula is C18H12Cl2N2O2S2. The highest BCUT2D eigenvalue weighted by molar-refractivity contribution is 8.26. The molecule has 2 amide bonds. The van der Waals surface area contributed by atoms with Gasteiger partial charge in [-0.15, -0.1) is 0 Å². The number of halogens is 2. The molecule has 0 unspecified atom stereocenters. The second kappa shape index (κ2) is 7.80. The maximum absolute atomic E-state index is 12.4. The molecule has 0 spiro atoms. The van der Waals surface area contributed by atoms with Crippen molar-refractivity contribution in [3.05, 3.63) is 68.5 Å². The molecule has 0 atom stereocenters. The summed E-state index contributed by atoms with van der Waals surface area (Å²) in [5.74, 6) is -0.432. The summed E-state index contributed by atoms with van der Waals surface area (Å²) in [5, 5.41) is 3.39. The van der Waals surface area contributed by atoms with Crippen LogP contribution in [0.2, 0.25) is 10.0 Å². The van der Waals surface area contributed by atoms with Gasteiger partial charge in [-0.1, -0.05) is 65.4 Å². The van der Waals surface area contributed by atoms with Gasteiger partial charge in [0, 0.05) is 12.6 Å². The van der Waals surface area contributed by atoms with Crippen LogP contribution < -0.4 is 5.32 Å². The lowest BCUT2D eigenvalue weighted by atomic mass is 10.1. The highest BCUT2D eigenvalue weighted by Crippen LogP contribution is 2.32. The number of thioether (sulfide) groups is 1. The van der Waals surface area contributed by atoms with Crippen LogP contribution in [0.3, 0.4) is 0 Å². The first kappa shape index (κ1) is 18.9. The lowest BCUT2D eigenvalue weighted by Crippen LogP contribution is -2.22. The maximum atomic E-state index is 12.4. The minimum atomic E-state index is -0.305. The number of rotatable bonds is 3. The van der Waals surface area contributed by atoms with Crippen LogP contribution in [-0.2, 0) is 4.79 Å². The molecular weight excluding hydrogens is 411 g/mol. The van der Waals surface area contributed by atoms with Crippen molar-refractivity contribution in [2.24, 2.45) is 0 Å². The van der Waals surface area contributed by atoms with E-state index in [9.17, 15) is 9.59 Å². The van der Waals surface area contributed by atoms with E-state index in [4.69, 9.17) is 35.4 Å². The zero-order valence-electron chi connectivity index (χ0n) is 13.5. The molecule has 1 saturated heterocycles. The van der Waals surface area contributed by atoms with Crippen molar-refractivity contribution in [2.45, 2.75) is 0 Å². The number of nitrogens with zero attached hydrogens (tertiary/aromatic N) is 1. The molecule has 0 saturated carbocycles. The molecule has 0 radical (unpaired) electrons. The van der Waals surface area contributed by atoms with Gasteiger partial charge in [0.25, 0.3) is 11.8 Å². The molecule has 1 aliphatic heterocycles. The third-order valence-corrected chi connectivity index (χ3v) is 5.96. The van der Waals surface area contributed by atoms with E-state index in [2.05, 4.69) is 5.32 Å². The van der Waals surface area contributed by atoms with Crippen molar-refractivity contribution in [2.75, 3.05) is 12.4 Å². The zero-order valence-corrected chi connectivity index (χ0v) is 16.6. The third kappa shape index (κ3) is 3.94. The molecule has 26 heavy (non-hydrogen) atoms. The second-order valence-electron chi connectivity index (χ2n) is 5.42. The van der Waals surface area contributed by atoms with E-state index in [1.54, 1.807) is 55.6 Å². The Labute approximate surface area is 170 Å². The maximum Gasteiger partial charge on any atom is 0.265 e. The molecule has 0 aromatic heterocycles. The van der Waals surface area contributed by atoms with Crippen LogP contribution in [0.15, 0.2) is 47.4 Å². The first-order valence-corrected chi connectivity index (χ1v) is 9.42. The van der Waals surface area contributed by atoms with Gasteiger partial charge in [0.2, 0.25) is 0 Å². The number of hydrogen-bond acceptors (Lipinski definition) is 4. The van der Waals surface area contributed by atoms with Crippen molar-refractivity contribution in [1.82, 2.24) is 4.90 Å². The smallest absolute Gasteiger partial charge is 0.265 e. The first-order chi connectivity index (χ1) is 12.4. The average molecular weight is 423 g/mol. The summed E-state index contributed by atoms with van der Waals surface area (Å²) in [6, 6.07) is 11.9. The van der Waals surface area contributed by atoms with Crippen LogP contribution in [0.25, 0.3) is 6.08 Å². The van der Waals surface area contributed by atoms with Gasteiger partial charge in [-0.2, -0.15) is 0 Å². The molecule has 2 aromatic rings. The Bertz CT molecular complexity index is 943. The molecule has 4 nitrogen and oxygen atoms in total. The molecule has 1 fully saturated rings. The van der Waals surface area contributed by atoms with Crippen molar-refractivity contribution in [1.29, 1.82) is 0 Å². The number of likely N-dealkylation sites (N-methyl/N-ethyl adjacent to an activating group) is 1. The molecule has 3 rings (SSSR count). The van der Waals surface area contributed by atoms with Crippen molar-refractivity contribution in [3.63, 3.8) is 0 Å². The fourth-order valence-corrected chi connectivity index (χ4v) is 3.75. The van der Waals surface area contributed by atoms with Gasteiger partial charge in [0.05, 0.1) is 20.6 Å². The summed E-state index contributed by atoms with van der Waals surface area (Å²) in [6.45, 7) is 0. The summed E-state index contributed by atoms with van der Waals surface area (Å²) in [4.78, 5) is 26.4. The molecule has 1 aliphatic rings. The second-order valence-corrected chi connectivity index (χ2v) is 7.88. The first-order valence-electron chi connectivity index (χ1n) is 7.44. The Morgan fingerprint density at radius 2 is 1.88 bits per heavy atom. The van der Waals surface area contributed by atoms with Crippen LogP contribution in [0, 0.1) is 0 Å². The molecule has 0 bridgehead atoms. The largest absolute Gasteiger partial charge is 0.321 e. The number of thiocarbonyl (C=S) groups is 1. The number of carbonyl (C=O) groups excluding carboxylic acids is 2. The molecule has 132 valence electrons. The van der Waals surface area contributed by atoms with Crippen LogP contribution in [-0.4, -0.2) is 28.1 Å².